The molecule has 1 heteroatoms. The Kier molecular flexibility index (Phi) is 7.45. The summed E-state index contributed by atoms with van der Waals surface area (Å²) in [7, 11) is 0. The van der Waals surface area contributed by atoms with Crippen LogP contribution < -0.4 is 0 Å². The summed E-state index contributed by atoms with van der Waals surface area (Å²) in [6, 6.07) is 21.3. The maximum atomic E-state index is 8.05. The van der Waals surface area contributed by atoms with Crippen LogP contribution in [0.15, 0.2) is 60.7 Å². The molecule has 1 N–H and O–H groups in total. The third kappa shape index (κ3) is 6.71. The number of hydrogen-bond donors (Lipinski definition) is 1. The van der Waals surface area contributed by atoms with Crippen molar-refractivity contribution in [1.29, 1.82) is 5.41 Å². The molecule has 0 aliphatic carbocycles. The van der Waals surface area contributed by atoms with Crippen molar-refractivity contribution < 1.29 is 0 Å². The molecule has 2 aromatic carbocycles. The number of unbranched alkanes of at least 4 members (excludes halogenated alkanes) is 2. The van der Waals surface area contributed by atoms with E-state index in [9.17, 15) is 0 Å². The molecule has 0 spiro atoms. The van der Waals surface area contributed by atoms with Crippen LogP contribution >= 0.6 is 0 Å². The summed E-state index contributed by atoms with van der Waals surface area (Å²) in [5, 5.41) is 8.05. The normalized spacial score (nSPS) is 10.5. The maximum absolute atomic E-state index is 8.05. The number of rotatable bonds is 10. The number of hydrogen-bond acceptors (Lipinski definition) is 1. The first-order chi connectivity index (χ1) is 10.8. The molecule has 0 fully saturated rings. The predicted molar refractivity (Wildman–Crippen MR) is 95.7 cm³/mol. The van der Waals surface area contributed by atoms with Crippen molar-refractivity contribution in [3.05, 3.63) is 71.8 Å². The van der Waals surface area contributed by atoms with Gasteiger partial charge in [-0.25, -0.2) is 0 Å². The first-order valence-electron chi connectivity index (χ1n) is 8.49. The van der Waals surface area contributed by atoms with Crippen molar-refractivity contribution in [3.8, 4) is 0 Å². The van der Waals surface area contributed by atoms with Gasteiger partial charge in [-0.15, -0.1) is 0 Å². The summed E-state index contributed by atoms with van der Waals surface area (Å²) in [6.45, 7) is 0. The first-order valence-corrected chi connectivity index (χ1v) is 8.49. The zero-order valence-electron chi connectivity index (χ0n) is 13.4. The second-order valence-corrected chi connectivity index (χ2v) is 5.99. The Bertz CT molecular complexity index is 481. The molecule has 0 aromatic heterocycles. The second kappa shape index (κ2) is 9.94. The molecule has 0 bridgehead atoms. The van der Waals surface area contributed by atoms with Crippen molar-refractivity contribution in [2.24, 2.45) is 0 Å². The standard InChI is InChI=1S/C21H27N/c22-21(17-9-7-15-19-11-3-1-4-12-19)18-10-8-16-20-13-5-2-6-14-20/h1-6,11-14,22H,7-10,15-18H2. The molecule has 0 saturated carbocycles. The Labute approximate surface area is 134 Å². The van der Waals surface area contributed by atoms with Gasteiger partial charge in [0.25, 0.3) is 0 Å². The minimum Gasteiger partial charge on any atom is -0.310 e. The lowest BCUT2D eigenvalue weighted by atomic mass is 10.0. The highest BCUT2D eigenvalue weighted by molar-refractivity contribution is 5.81. The smallest absolute Gasteiger partial charge is 0.00891 e. The Morgan fingerprint density at radius 3 is 1.41 bits per heavy atom. The van der Waals surface area contributed by atoms with Gasteiger partial charge in [-0.05, 0) is 62.5 Å². The monoisotopic (exact) mass is 293 g/mol. The molecule has 116 valence electrons. The molecule has 0 aliphatic rings. The van der Waals surface area contributed by atoms with Crippen molar-refractivity contribution in [2.75, 3.05) is 0 Å². The maximum Gasteiger partial charge on any atom is 0.00891 e. The van der Waals surface area contributed by atoms with E-state index in [1.54, 1.807) is 0 Å². The van der Waals surface area contributed by atoms with Crippen molar-refractivity contribution in [1.82, 2.24) is 0 Å². The average molecular weight is 293 g/mol. The van der Waals surface area contributed by atoms with Gasteiger partial charge in [0.15, 0.2) is 0 Å². The molecule has 22 heavy (non-hydrogen) atoms. The van der Waals surface area contributed by atoms with Crippen LogP contribution in [0.4, 0.5) is 0 Å². The van der Waals surface area contributed by atoms with Crippen LogP contribution in [0.25, 0.3) is 0 Å². The van der Waals surface area contributed by atoms with Gasteiger partial charge in [0.05, 0.1) is 0 Å². The molecule has 2 rings (SSSR count). The molecule has 0 amide bonds. The summed E-state index contributed by atoms with van der Waals surface area (Å²) in [5.74, 6) is 0. The number of aryl methyl sites for hydroxylation is 2. The summed E-state index contributed by atoms with van der Waals surface area (Å²) in [4.78, 5) is 0. The first kappa shape index (κ1) is 16.5. The Hall–Kier alpha value is -1.89. The van der Waals surface area contributed by atoms with E-state index >= 15 is 0 Å². The quantitative estimate of drug-likeness (QED) is 0.421. The van der Waals surface area contributed by atoms with Crippen LogP contribution in [0.1, 0.15) is 49.7 Å². The lowest BCUT2D eigenvalue weighted by molar-refractivity contribution is 0.724. The summed E-state index contributed by atoms with van der Waals surface area (Å²) in [5.41, 5.74) is 3.76. The zero-order valence-corrected chi connectivity index (χ0v) is 13.4. The average Bonchev–Trinajstić information content (AvgIpc) is 2.57. The largest absolute Gasteiger partial charge is 0.310 e. The van der Waals surface area contributed by atoms with Crippen LogP contribution in [-0.2, 0) is 12.8 Å². The van der Waals surface area contributed by atoms with Gasteiger partial charge in [0, 0.05) is 5.71 Å². The van der Waals surface area contributed by atoms with E-state index in [0.29, 0.717) is 0 Å². The number of nitrogens with one attached hydrogen (secondary N) is 1. The Morgan fingerprint density at radius 2 is 1.00 bits per heavy atom. The van der Waals surface area contributed by atoms with E-state index in [0.717, 1.165) is 44.2 Å². The lowest BCUT2D eigenvalue weighted by Crippen LogP contribution is -1.98. The fourth-order valence-corrected chi connectivity index (χ4v) is 2.75. The van der Waals surface area contributed by atoms with Gasteiger partial charge in [0.1, 0.15) is 0 Å². The van der Waals surface area contributed by atoms with E-state index in [2.05, 4.69) is 60.7 Å². The number of benzene rings is 2. The second-order valence-electron chi connectivity index (χ2n) is 5.99. The van der Waals surface area contributed by atoms with Gasteiger partial charge in [-0.2, -0.15) is 0 Å². The molecule has 0 saturated heterocycles. The highest BCUT2D eigenvalue weighted by atomic mass is 14.4. The molecular formula is C21H27N. The van der Waals surface area contributed by atoms with Gasteiger partial charge >= 0.3 is 0 Å². The minimum atomic E-state index is 0.932. The van der Waals surface area contributed by atoms with Gasteiger partial charge in [-0.3, -0.25) is 0 Å². The van der Waals surface area contributed by atoms with Gasteiger partial charge in [-0.1, -0.05) is 60.7 Å². The van der Waals surface area contributed by atoms with Crippen LogP contribution in [0.5, 0.6) is 0 Å². The fraction of sp³-hybridized carbons (Fsp3) is 0.381. The highest BCUT2D eigenvalue weighted by Crippen LogP contribution is 2.10. The van der Waals surface area contributed by atoms with E-state index in [4.69, 9.17) is 5.41 Å². The molecular weight excluding hydrogens is 266 g/mol. The van der Waals surface area contributed by atoms with Crippen LogP contribution in [-0.4, -0.2) is 5.71 Å². The topological polar surface area (TPSA) is 23.9 Å². The lowest BCUT2D eigenvalue weighted by Gasteiger charge is -2.05. The summed E-state index contributed by atoms with van der Waals surface area (Å²) in [6.07, 6.45) is 8.90. The van der Waals surface area contributed by atoms with Crippen molar-refractivity contribution in [3.63, 3.8) is 0 Å². The summed E-state index contributed by atoms with van der Waals surface area (Å²) >= 11 is 0. The molecule has 0 heterocycles. The zero-order chi connectivity index (χ0) is 15.5. The molecule has 0 unspecified atom stereocenters. The van der Waals surface area contributed by atoms with E-state index < -0.39 is 0 Å². The van der Waals surface area contributed by atoms with Crippen LogP contribution in [0.2, 0.25) is 0 Å². The summed E-state index contributed by atoms with van der Waals surface area (Å²) < 4.78 is 0. The van der Waals surface area contributed by atoms with Crippen molar-refractivity contribution >= 4 is 5.71 Å². The third-order valence-corrected chi connectivity index (χ3v) is 4.07. The van der Waals surface area contributed by atoms with Crippen molar-refractivity contribution in [2.45, 2.75) is 51.4 Å². The van der Waals surface area contributed by atoms with Crippen LogP contribution in [0, 0.1) is 5.41 Å². The fourth-order valence-electron chi connectivity index (χ4n) is 2.75. The highest BCUT2D eigenvalue weighted by Gasteiger charge is 1.99. The van der Waals surface area contributed by atoms with E-state index in [-0.39, 0.29) is 0 Å². The molecule has 2 aromatic rings. The van der Waals surface area contributed by atoms with Crippen LogP contribution in [0.3, 0.4) is 0 Å². The third-order valence-electron chi connectivity index (χ3n) is 4.07. The Balaban J connectivity index is 1.49. The molecule has 0 atom stereocenters. The SMILES string of the molecule is N=C(CCCCc1ccccc1)CCCCc1ccccc1. The van der Waals surface area contributed by atoms with E-state index in [1.165, 1.54) is 24.0 Å². The minimum absolute atomic E-state index is 0.932. The van der Waals surface area contributed by atoms with E-state index in [1.807, 2.05) is 0 Å². The molecule has 0 aliphatic heterocycles. The van der Waals surface area contributed by atoms with Gasteiger partial charge in [0.2, 0.25) is 0 Å². The Morgan fingerprint density at radius 1 is 0.591 bits per heavy atom. The molecule has 1 nitrogen and oxygen atoms in total. The van der Waals surface area contributed by atoms with Gasteiger partial charge < -0.3 is 5.41 Å². The predicted octanol–water partition coefficient (Wildman–Crippen LogP) is 5.83. The molecule has 0 radical (unpaired) electrons.